The van der Waals surface area contributed by atoms with Crippen LogP contribution in [0.5, 0.6) is 5.75 Å². The number of rotatable bonds is 3. The molecular weight excluding hydrogens is 176 g/mol. The lowest BCUT2D eigenvalue weighted by molar-refractivity contribution is -0.0928. The predicted molar refractivity (Wildman–Crippen MR) is 48.1 cm³/mol. The van der Waals surface area contributed by atoms with E-state index in [4.69, 9.17) is 16.8 Å². The van der Waals surface area contributed by atoms with Crippen molar-refractivity contribution in [3.63, 3.8) is 0 Å². The number of benzene rings is 1. The minimum Gasteiger partial charge on any atom is -0.319 e. The number of halogens is 1. The highest BCUT2D eigenvalue weighted by molar-refractivity contribution is 6.06. The van der Waals surface area contributed by atoms with Crippen molar-refractivity contribution in [2.45, 2.75) is 19.8 Å². The lowest BCUT2D eigenvalue weighted by atomic mass is 10.0. The van der Waals surface area contributed by atoms with Gasteiger partial charge in [-0.15, -0.1) is 0 Å². The Balaban J connectivity index is 2.92. The molecule has 0 saturated carbocycles. The maximum atomic E-state index is 4.99. The Morgan fingerprint density at radius 1 is 1.25 bits per heavy atom. The first-order valence-corrected chi connectivity index (χ1v) is 4.10. The molecular formula is C9H11ClO2. The summed E-state index contributed by atoms with van der Waals surface area (Å²) < 4.78 is 4.09. The average Bonchev–Trinajstić information content (AvgIpc) is 2.05. The average molecular weight is 187 g/mol. The van der Waals surface area contributed by atoms with Crippen molar-refractivity contribution in [3.05, 3.63) is 29.8 Å². The molecule has 0 aliphatic heterocycles. The van der Waals surface area contributed by atoms with Crippen molar-refractivity contribution >= 4 is 11.9 Å². The van der Waals surface area contributed by atoms with Crippen LogP contribution in [0, 0.1) is 0 Å². The normalized spacial score (nSPS) is 10.3. The molecule has 3 heteroatoms. The van der Waals surface area contributed by atoms with Crippen LogP contribution in [-0.2, 0) is 4.44 Å². The second-order valence-electron chi connectivity index (χ2n) is 2.84. The summed E-state index contributed by atoms with van der Waals surface area (Å²) in [5.74, 6) is 1.07. The van der Waals surface area contributed by atoms with E-state index in [-0.39, 0.29) is 0 Å². The monoisotopic (exact) mass is 186 g/mol. The van der Waals surface area contributed by atoms with Gasteiger partial charge in [0.1, 0.15) is 11.9 Å². The summed E-state index contributed by atoms with van der Waals surface area (Å²) in [5.41, 5.74) is 1.08. The Bertz CT molecular complexity index is 248. The van der Waals surface area contributed by atoms with E-state index in [1.54, 1.807) is 0 Å². The van der Waals surface area contributed by atoms with Gasteiger partial charge in [-0.2, -0.15) is 0 Å². The molecule has 0 atom stereocenters. The van der Waals surface area contributed by atoms with Gasteiger partial charge in [0.2, 0.25) is 0 Å². The maximum absolute atomic E-state index is 4.99. The standard InChI is InChI=1S/C9H11ClO2/c1-7(2)8-5-3-4-6-9(8)11-12-10/h3-7H,1-2H3. The quantitative estimate of drug-likeness (QED) is 0.533. The van der Waals surface area contributed by atoms with Crippen molar-refractivity contribution < 1.29 is 9.33 Å². The second-order valence-corrected chi connectivity index (χ2v) is 2.96. The van der Waals surface area contributed by atoms with Crippen LogP contribution in [0.3, 0.4) is 0 Å². The summed E-state index contributed by atoms with van der Waals surface area (Å²) >= 11 is 4.99. The van der Waals surface area contributed by atoms with Gasteiger partial charge in [0, 0.05) is 5.56 Å². The highest BCUT2D eigenvalue weighted by Gasteiger charge is 2.06. The molecule has 0 aliphatic rings. The van der Waals surface area contributed by atoms with E-state index in [0.717, 1.165) is 5.56 Å². The van der Waals surface area contributed by atoms with Gasteiger partial charge in [0.15, 0.2) is 5.75 Å². The molecule has 1 aromatic carbocycles. The summed E-state index contributed by atoms with van der Waals surface area (Å²) in [6.45, 7) is 4.16. The van der Waals surface area contributed by atoms with Crippen molar-refractivity contribution in [2.24, 2.45) is 0 Å². The molecule has 0 bridgehead atoms. The third kappa shape index (κ3) is 2.13. The smallest absolute Gasteiger partial charge is 0.170 e. The van der Waals surface area contributed by atoms with Crippen LogP contribution < -0.4 is 4.89 Å². The molecule has 0 radical (unpaired) electrons. The van der Waals surface area contributed by atoms with E-state index in [9.17, 15) is 0 Å². The Labute approximate surface area is 77.2 Å². The molecule has 0 unspecified atom stereocenters. The van der Waals surface area contributed by atoms with E-state index < -0.39 is 0 Å². The fourth-order valence-corrected chi connectivity index (χ4v) is 1.14. The van der Waals surface area contributed by atoms with Crippen molar-refractivity contribution in [1.82, 2.24) is 0 Å². The Hall–Kier alpha value is -0.730. The largest absolute Gasteiger partial charge is 0.319 e. The molecule has 2 nitrogen and oxygen atoms in total. The molecule has 1 aromatic rings. The lowest BCUT2D eigenvalue weighted by Gasteiger charge is -2.09. The van der Waals surface area contributed by atoms with Gasteiger partial charge in [-0.1, -0.05) is 36.5 Å². The fraction of sp³-hybridized carbons (Fsp3) is 0.333. The first-order valence-electron chi connectivity index (χ1n) is 3.80. The van der Waals surface area contributed by atoms with E-state index >= 15 is 0 Å². The molecule has 0 aromatic heterocycles. The molecule has 1 rings (SSSR count). The topological polar surface area (TPSA) is 18.5 Å². The van der Waals surface area contributed by atoms with Gasteiger partial charge in [0.05, 0.1) is 0 Å². The van der Waals surface area contributed by atoms with Gasteiger partial charge in [-0.25, -0.2) is 0 Å². The third-order valence-corrected chi connectivity index (χ3v) is 1.73. The van der Waals surface area contributed by atoms with Crippen molar-refractivity contribution in [2.75, 3.05) is 0 Å². The van der Waals surface area contributed by atoms with E-state index in [2.05, 4.69) is 18.3 Å². The van der Waals surface area contributed by atoms with Crippen LogP contribution in [-0.4, -0.2) is 0 Å². The van der Waals surface area contributed by atoms with Crippen LogP contribution in [0.25, 0.3) is 0 Å². The zero-order valence-electron chi connectivity index (χ0n) is 7.08. The number of hydrogen-bond donors (Lipinski definition) is 0. The summed E-state index contributed by atoms with van der Waals surface area (Å²) in [5, 5.41) is 0. The lowest BCUT2D eigenvalue weighted by Crippen LogP contribution is -1.94. The number of para-hydroxylation sites is 1. The highest BCUT2D eigenvalue weighted by atomic mass is 35.5. The van der Waals surface area contributed by atoms with Gasteiger partial charge in [0.25, 0.3) is 0 Å². The first kappa shape index (κ1) is 9.36. The molecule has 0 saturated heterocycles. The molecule has 0 heterocycles. The minimum atomic E-state index is 0.396. The Morgan fingerprint density at radius 3 is 2.50 bits per heavy atom. The van der Waals surface area contributed by atoms with Crippen LogP contribution in [0.15, 0.2) is 24.3 Å². The zero-order chi connectivity index (χ0) is 8.97. The summed E-state index contributed by atoms with van der Waals surface area (Å²) in [4.78, 5) is 4.76. The molecule has 0 fully saturated rings. The Kier molecular flexibility index (Phi) is 3.38. The van der Waals surface area contributed by atoms with Crippen LogP contribution in [0.4, 0.5) is 0 Å². The van der Waals surface area contributed by atoms with Gasteiger partial charge in [-0.3, -0.25) is 0 Å². The SMILES string of the molecule is CC(C)c1ccccc1OOCl. The third-order valence-electron chi connectivity index (χ3n) is 1.66. The summed E-state index contributed by atoms with van der Waals surface area (Å²) in [6, 6.07) is 7.63. The van der Waals surface area contributed by atoms with Crippen LogP contribution in [0.1, 0.15) is 25.3 Å². The van der Waals surface area contributed by atoms with Crippen molar-refractivity contribution in [3.8, 4) is 5.75 Å². The maximum Gasteiger partial charge on any atom is 0.170 e. The van der Waals surface area contributed by atoms with Gasteiger partial charge in [-0.05, 0) is 12.0 Å². The van der Waals surface area contributed by atoms with Gasteiger partial charge >= 0.3 is 0 Å². The molecule has 66 valence electrons. The summed E-state index contributed by atoms with van der Waals surface area (Å²) in [7, 11) is 0. The van der Waals surface area contributed by atoms with Crippen LogP contribution >= 0.6 is 11.9 Å². The fourth-order valence-electron chi connectivity index (χ4n) is 1.07. The Morgan fingerprint density at radius 2 is 1.92 bits per heavy atom. The minimum absolute atomic E-state index is 0.396. The van der Waals surface area contributed by atoms with Gasteiger partial charge < -0.3 is 4.89 Å². The molecule has 0 N–H and O–H groups in total. The number of hydrogen-bond acceptors (Lipinski definition) is 2. The molecule has 12 heavy (non-hydrogen) atoms. The van der Waals surface area contributed by atoms with E-state index in [1.165, 1.54) is 0 Å². The molecule has 0 amide bonds. The highest BCUT2D eigenvalue weighted by Crippen LogP contribution is 2.25. The molecule has 0 spiro atoms. The zero-order valence-corrected chi connectivity index (χ0v) is 7.84. The van der Waals surface area contributed by atoms with E-state index in [0.29, 0.717) is 11.7 Å². The predicted octanol–water partition coefficient (Wildman–Crippen LogP) is 3.27. The van der Waals surface area contributed by atoms with E-state index in [1.807, 2.05) is 24.3 Å². The van der Waals surface area contributed by atoms with Crippen LogP contribution in [0.2, 0.25) is 0 Å². The first-order chi connectivity index (χ1) is 5.75. The second kappa shape index (κ2) is 4.33. The summed E-state index contributed by atoms with van der Waals surface area (Å²) in [6.07, 6.45) is 0. The molecule has 0 aliphatic carbocycles. The van der Waals surface area contributed by atoms with Crippen molar-refractivity contribution in [1.29, 1.82) is 0 Å².